The van der Waals surface area contributed by atoms with Crippen LogP contribution in [0.3, 0.4) is 0 Å². The average molecular weight is 280 g/mol. The van der Waals surface area contributed by atoms with Crippen molar-refractivity contribution in [2.24, 2.45) is 0 Å². The second-order valence-corrected chi connectivity index (χ2v) is 5.26. The Hall–Kier alpha value is -2.36. The molecule has 0 radical (unpaired) electrons. The van der Waals surface area contributed by atoms with E-state index in [1.165, 1.54) is 5.56 Å². The van der Waals surface area contributed by atoms with Gasteiger partial charge in [-0.2, -0.15) is 0 Å². The number of nitrogens with zero attached hydrogens (tertiary/aromatic N) is 2. The van der Waals surface area contributed by atoms with Crippen molar-refractivity contribution in [2.75, 3.05) is 0 Å². The summed E-state index contributed by atoms with van der Waals surface area (Å²) in [6.07, 6.45) is 9.39. The summed E-state index contributed by atoms with van der Waals surface area (Å²) in [4.78, 5) is 15.5. The van der Waals surface area contributed by atoms with Crippen LogP contribution >= 0.6 is 0 Å². The Labute approximate surface area is 124 Å². The minimum absolute atomic E-state index is 0.290. The predicted octanol–water partition coefficient (Wildman–Crippen LogP) is 3.65. The average Bonchev–Trinajstić information content (AvgIpc) is 3.22. The van der Waals surface area contributed by atoms with E-state index in [0.29, 0.717) is 11.8 Å². The maximum atomic E-state index is 4.49. The van der Waals surface area contributed by atoms with E-state index in [1.807, 2.05) is 24.8 Å². The molecule has 0 aliphatic heterocycles. The summed E-state index contributed by atoms with van der Waals surface area (Å²) >= 11 is 0. The van der Waals surface area contributed by atoms with Crippen LogP contribution in [0.25, 0.3) is 0 Å². The molecule has 0 amide bonds. The summed E-state index contributed by atoms with van der Waals surface area (Å²) in [5.74, 6) is 2.68. The fraction of sp³-hybridized carbons (Fsp3) is 0.294. The van der Waals surface area contributed by atoms with E-state index in [-0.39, 0.29) is 0 Å². The fourth-order valence-electron chi connectivity index (χ4n) is 2.93. The predicted molar refractivity (Wildman–Crippen MR) is 83.1 cm³/mol. The molecule has 4 nitrogen and oxygen atoms in total. The van der Waals surface area contributed by atoms with Crippen LogP contribution in [0.4, 0.5) is 0 Å². The van der Waals surface area contributed by atoms with Gasteiger partial charge in [0, 0.05) is 36.6 Å². The molecular formula is C17H20N4. The maximum absolute atomic E-state index is 4.49. The number of rotatable bonds is 6. The van der Waals surface area contributed by atoms with E-state index in [2.05, 4.69) is 57.2 Å². The van der Waals surface area contributed by atoms with E-state index < -0.39 is 0 Å². The van der Waals surface area contributed by atoms with E-state index in [1.54, 1.807) is 0 Å². The summed E-state index contributed by atoms with van der Waals surface area (Å²) in [5.41, 5.74) is 1.32. The lowest BCUT2D eigenvalue weighted by Crippen LogP contribution is -2.16. The number of nitrogens with one attached hydrogen (secondary N) is 2. The van der Waals surface area contributed by atoms with Gasteiger partial charge in [-0.25, -0.2) is 9.97 Å². The second kappa shape index (κ2) is 6.39. The van der Waals surface area contributed by atoms with Gasteiger partial charge in [0.05, 0.1) is 0 Å². The molecule has 0 spiro atoms. The fourth-order valence-corrected chi connectivity index (χ4v) is 2.93. The molecular weight excluding hydrogens is 260 g/mol. The number of imidazole rings is 2. The van der Waals surface area contributed by atoms with Crippen LogP contribution in [0.5, 0.6) is 0 Å². The van der Waals surface area contributed by atoms with Crippen LogP contribution < -0.4 is 0 Å². The monoisotopic (exact) mass is 280 g/mol. The maximum Gasteiger partial charge on any atom is 0.110 e. The minimum Gasteiger partial charge on any atom is -0.348 e. The number of H-pyrrole nitrogens is 2. The molecule has 3 rings (SSSR count). The first-order chi connectivity index (χ1) is 10.4. The van der Waals surface area contributed by atoms with Crippen LogP contribution in [0.15, 0.2) is 55.1 Å². The van der Waals surface area contributed by atoms with E-state index in [4.69, 9.17) is 0 Å². The number of aromatic nitrogens is 4. The highest BCUT2D eigenvalue weighted by atomic mass is 14.9. The van der Waals surface area contributed by atoms with Crippen LogP contribution in [-0.2, 0) is 6.42 Å². The van der Waals surface area contributed by atoms with Gasteiger partial charge in [0.1, 0.15) is 11.6 Å². The molecule has 2 heterocycles. The Kier molecular flexibility index (Phi) is 4.15. The summed E-state index contributed by atoms with van der Waals surface area (Å²) in [5, 5.41) is 0. The molecule has 2 atom stereocenters. The van der Waals surface area contributed by atoms with E-state index in [9.17, 15) is 0 Å². The Morgan fingerprint density at radius 3 is 2.05 bits per heavy atom. The summed E-state index contributed by atoms with van der Waals surface area (Å²) in [6, 6.07) is 10.6. The molecule has 0 saturated carbocycles. The first-order valence-electron chi connectivity index (χ1n) is 7.41. The SMILES string of the molecule is CCC(c1ncc[nH]1)C(Cc1ccccc1)c1ncc[nH]1. The standard InChI is InChI=1S/C17H20N4/c1-2-14(16-18-8-9-19-16)15(17-20-10-11-21-17)12-13-6-4-3-5-7-13/h3-11,14-15H,2,12H2,1H3,(H,18,19)(H,20,21). The molecule has 4 heteroatoms. The zero-order chi connectivity index (χ0) is 14.5. The van der Waals surface area contributed by atoms with Crippen molar-refractivity contribution < 1.29 is 0 Å². The van der Waals surface area contributed by atoms with Crippen molar-refractivity contribution in [3.63, 3.8) is 0 Å². The van der Waals surface area contributed by atoms with Gasteiger partial charge in [-0.15, -0.1) is 0 Å². The summed E-state index contributed by atoms with van der Waals surface area (Å²) < 4.78 is 0. The highest BCUT2D eigenvalue weighted by Gasteiger charge is 2.27. The summed E-state index contributed by atoms with van der Waals surface area (Å²) in [7, 11) is 0. The Morgan fingerprint density at radius 1 is 0.905 bits per heavy atom. The minimum atomic E-state index is 0.290. The highest BCUT2D eigenvalue weighted by molar-refractivity contribution is 5.20. The first kappa shape index (κ1) is 13.6. The van der Waals surface area contributed by atoms with Gasteiger partial charge >= 0.3 is 0 Å². The molecule has 2 N–H and O–H groups in total. The zero-order valence-electron chi connectivity index (χ0n) is 12.2. The molecule has 0 bridgehead atoms. The third kappa shape index (κ3) is 3.05. The van der Waals surface area contributed by atoms with Crippen molar-refractivity contribution >= 4 is 0 Å². The van der Waals surface area contributed by atoms with Gasteiger partial charge in [-0.1, -0.05) is 37.3 Å². The highest BCUT2D eigenvalue weighted by Crippen LogP contribution is 2.34. The largest absolute Gasteiger partial charge is 0.348 e. The van der Waals surface area contributed by atoms with Crippen LogP contribution in [0.2, 0.25) is 0 Å². The first-order valence-corrected chi connectivity index (χ1v) is 7.41. The third-order valence-electron chi connectivity index (χ3n) is 3.97. The van der Waals surface area contributed by atoms with Gasteiger partial charge in [0.25, 0.3) is 0 Å². The van der Waals surface area contributed by atoms with Crippen LogP contribution in [0.1, 0.15) is 42.4 Å². The number of hydrogen-bond donors (Lipinski definition) is 2. The molecule has 0 fully saturated rings. The number of hydrogen-bond acceptors (Lipinski definition) is 2. The molecule has 21 heavy (non-hydrogen) atoms. The van der Waals surface area contributed by atoms with Crippen LogP contribution in [-0.4, -0.2) is 19.9 Å². The smallest absolute Gasteiger partial charge is 0.110 e. The molecule has 108 valence electrons. The van der Waals surface area contributed by atoms with Gasteiger partial charge in [0.15, 0.2) is 0 Å². The Balaban J connectivity index is 1.92. The lowest BCUT2D eigenvalue weighted by molar-refractivity contribution is 0.482. The lowest BCUT2D eigenvalue weighted by Gasteiger charge is -2.23. The van der Waals surface area contributed by atoms with Crippen molar-refractivity contribution in [1.29, 1.82) is 0 Å². The molecule has 3 aromatic rings. The van der Waals surface area contributed by atoms with Crippen molar-refractivity contribution in [2.45, 2.75) is 31.6 Å². The topological polar surface area (TPSA) is 57.4 Å². The normalized spacial score (nSPS) is 14.0. The van der Waals surface area contributed by atoms with Crippen molar-refractivity contribution in [1.82, 2.24) is 19.9 Å². The molecule has 2 aromatic heterocycles. The number of aromatic amines is 2. The molecule has 0 aliphatic rings. The summed E-state index contributed by atoms with van der Waals surface area (Å²) in [6.45, 7) is 2.20. The molecule has 0 saturated heterocycles. The van der Waals surface area contributed by atoms with E-state index >= 15 is 0 Å². The van der Waals surface area contributed by atoms with Crippen molar-refractivity contribution in [3.05, 3.63) is 72.3 Å². The van der Waals surface area contributed by atoms with Crippen LogP contribution in [0, 0.1) is 0 Å². The molecule has 1 aromatic carbocycles. The quantitative estimate of drug-likeness (QED) is 0.724. The molecule has 2 unspecified atom stereocenters. The Morgan fingerprint density at radius 2 is 1.52 bits per heavy atom. The van der Waals surface area contributed by atoms with Gasteiger partial charge in [-0.3, -0.25) is 0 Å². The van der Waals surface area contributed by atoms with E-state index in [0.717, 1.165) is 24.5 Å². The van der Waals surface area contributed by atoms with Gasteiger partial charge in [-0.05, 0) is 18.4 Å². The molecule has 0 aliphatic carbocycles. The number of benzene rings is 1. The Bertz CT molecular complexity index is 629. The van der Waals surface area contributed by atoms with Gasteiger partial charge in [0.2, 0.25) is 0 Å². The zero-order valence-corrected chi connectivity index (χ0v) is 12.2. The second-order valence-electron chi connectivity index (χ2n) is 5.26. The van der Waals surface area contributed by atoms with Crippen molar-refractivity contribution in [3.8, 4) is 0 Å². The third-order valence-corrected chi connectivity index (χ3v) is 3.97. The lowest BCUT2D eigenvalue weighted by atomic mass is 9.84. The van der Waals surface area contributed by atoms with Gasteiger partial charge < -0.3 is 9.97 Å².